The van der Waals surface area contributed by atoms with Crippen molar-refractivity contribution in [2.24, 2.45) is 0 Å². The number of aryl methyl sites for hydroxylation is 1. The van der Waals surface area contributed by atoms with Crippen LogP contribution in [-0.2, 0) is 6.42 Å². The maximum absolute atomic E-state index is 4.68. The number of anilines is 2. The molecule has 5 heteroatoms. The Hall–Kier alpha value is -1.36. The van der Waals surface area contributed by atoms with Crippen molar-refractivity contribution in [1.29, 1.82) is 0 Å². The first-order valence-corrected chi connectivity index (χ1v) is 8.27. The second kappa shape index (κ2) is 5.20. The highest BCUT2D eigenvalue weighted by atomic mass is 32.1. The molecule has 0 atom stereocenters. The summed E-state index contributed by atoms with van der Waals surface area (Å²) in [6.07, 6.45) is 4.80. The van der Waals surface area contributed by atoms with Gasteiger partial charge in [0.05, 0.1) is 5.39 Å². The predicted molar refractivity (Wildman–Crippen MR) is 86.8 cm³/mol. The van der Waals surface area contributed by atoms with Crippen LogP contribution < -0.4 is 10.6 Å². The van der Waals surface area contributed by atoms with Crippen molar-refractivity contribution in [3.63, 3.8) is 0 Å². The maximum atomic E-state index is 4.68. The van der Waals surface area contributed by atoms with E-state index in [2.05, 4.69) is 47.4 Å². The molecule has 0 aliphatic heterocycles. The van der Waals surface area contributed by atoms with Crippen LogP contribution in [0.25, 0.3) is 10.2 Å². The molecule has 0 saturated heterocycles. The standard InChI is InChI=1S/C15H22N4S/c1-4-10-9-11-12(19-15(3)7-6-8-15)17-14(16-5-2)18-13(11)20-10/h9H,4-8H2,1-3H3,(H2,16,17,18,19). The van der Waals surface area contributed by atoms with Gasteiger partial charge in [-0.05, 0) is 45.6 Å². The van der Waals surface area contributed by atoms with Crippen molar-refractivity contribution in [2.75, 3.05) is 17.2 Å². The Morgan fingerprint density at radius 3 is 2.70 bits per heavy atom. The Morgan fingerprint density at radius 2 is 2.10 bits per heavy atom. The molecule has 2 aromatic heterocycles. The van der Waals surface area contributed by atoms with Crippen molar-refractivity contribution >= 4 is 33.3 Å². The molecule has 2 heterocycles. The van der Waals surface area contributed by atoms with Crippen LogP contribution >= 0.6 is 11.3 Å². The smallest absolute Gasteiger partial charge is 0.226 e. The molecular formula is C15H22N4S. The van der Waals surface area contributed by atoms with Crippen LogP contribution in [0.5, 0.6) is 0 Å². The number of nitrogens with zero attached hydrogens (tertiary/aromatic N) is 2. The summed E-state index contributed by atoms with van der Waals surface area (Å²) >= 11 is 1.77. The molecule has 1 fully saturated rings. The fourth-order valence-electron chi connectivity index (χ4n) is 2.60. The molecule has 4 nitrogen and oxygen atoms in total. The summed E-state index contributed by atoms with van der Waals surface area (Å²) in [6, 6.07) is 2.24. The minimum atomic E-state index is 0.207. The van der Waals surface area contributed by atoms with E-state index in [1.807, 2.05) is 0 Å². The molecule has 0 spiro atoms. The topological polar surface area (TPSA) is 49.8 Å². The van der Waals surface area contributed by atoms with Crippen molar-refractivity contribution in [1.82, 2.24) is 9.97 Å². The van der Waals surface area contributed by atoms with E-state index in [0.29, 0.717) is 0 Å². The van der Waals surface area contributed by atoms with Gasteiger partial charge >= 0.3 is 0 Å². The normalized spacial score (nSPS) is 16.9. The van der Waals surface area contributed by atoms with Gasteiger partial charge in [-0.3, -0.25) is 0 Å². The first-order valence-electron chi connectivity index (χ1n) is 7.46. The number of rotatable bonds is 5. The zero-order valence-electron chi connectivity index (χ0n) is 12.4. The molecule has 1 saturated carbocycles. The van der Waals surface area contributed by atoms with Crippen molar-refractivity contribution in [2.45, 2.75) is 52.0 Å². The van der Waals surface area contributed by atoms with Gasteiger partial charge in [-0.25, -0.2) is 4.98 Å². The third kappa shape index (κ3) is 2.46. The van der Waals surface area contributed by atoms with Gasteiger partial charge in [-0.2, -0.15) is 4.98 Å². The largest absolute Gasteiger partial charge is 0.364 e. The summed E-state index contributed by atoms with van der Waals surface area (Å²) in [5.41, 5.74) is 0.207. The third-order valence-corrected chi connectivity index (χ3v) is 5.18. The highest BCUT2D eigenvalue weighted by Crippen LogP contribution is 2.37. The van der Waals surface area contributed by atoms with E-state index in [1.165, 1.54) is 29.5 Å². The van der Waals surface area contributed by atoms with Gasteiger partial charge in [0.2, 0.25) is 5.95 Å². The van der Waals surface area contributed by atoms with Crippen LogP contribution in [0.1, 0.15) is 44.9 Å². The molecule has 0 aromatic carbocycles. The van der Waals surface area contributed by atoms with Gasteiger partial charge in [0.15, 0.2) is 0 Å². The van der Waals surface area contributed by atoms with Crippen LogP contribution in [0.4, 0.5) is 11.8 Å². The SMILES string of the molecule is CCNc1nc(NC2(C)CCC2)c2cc(CC)sc2n1. The Labute approximate surface area is 124 Å². The average molecular weight is 290 g/mol. The summed E-state index contributed by atoms with van der Waals surface area (Å²) in [6.45, 7) is 7.38. The number of thiophene rings is 1. The average Bonchev–Trinajstić information content (AvgIpc) is 2.80. The van der Waals surface area contributed by atoms with Crippen LogP contribution in [0.3, 0.4) is 0 Å². The lowest BCUT2D eigenvalue weighted by molar-refractivity contribution is 0.306. The number of nitrogens with one attached hydrogen (secondary N) is 2. The number of fused-ring (bicyclic) bond motifs is 1. The lowest BCUT2D eigenvalue weighted by Crippen LogP contribution is -2.42. The quantitative estimate of drug-likeness (QED) is 0.872. The lowest BCUT2D eigenvalue weighted by Gasteiger charge is -2.39. The fraction of sp³-hybridized carbons (Fsp3) is 0.600. The van der Waals surface area contributed by atoms with Gasteiger partial charge < -0.3 is 10.6 Å². The zero-order chi connectivity index (χ0) is 14.2. The van der Waals surface area contributed by atoms with Crippen LogP contribution in [-0.4, -0.2) is 22.1 Å². The van der Waals surface area contributed by atoms with Gasteiger partial charge in [-0.15, -0.1) is 11.3 Å². The van der Waals surface area contributed by atoms with Crippen molar-refractivity contribution < 1.29 is 0 Å². The van der Waals surface area contributed by atoms with E-state index in [9.17, 15) is 0 Å². The highest BCUT2D eigenvalue weighted by Gasteiger charge is 2.32. The summed E-state index contributed by atoms with van der Waals surface area (Å²) in [5.74, 6) is 1.72. The Morgan fingerprint density at radius 1 is 1.30 bits per heavy atom. The van der Waals surface area contributed by atoms with Gasteiger partial charge in [0, 0.05) is 17.0 Å². The Balaban J connectivity index is 2.03. The Kier molecular flexibility index (Phi) is 3.54. The number of hydrogen-bond donors (Lipinski definition) is 2. The second-order valence-electron chi connectivity index (χ2n) is 5.75. The molecule has 0 radical (unpaired) electrons. The molecule has 1 aliphatic rings. The fourth-order valence-corrected chi connectivity index (χ4v) is 3.56. The summed E-state index contributed by atoms with van der Waals surface area (Å²) in [7, 11) is 0. The summed E-state index contributed by atoms with van der Waals surface area (Å²) < 4.78 is 0. The minimum absolute atomic E-state index is 0.207. The first-order chi connectivity index (χ1) is 9.63. The molecule has 2 N–H and O–H groups in total. The van der Waals surface area contributed by atoms with Gasteiger partial charge in [0.25, 0.3) is 0 Å². The Bertz CT molecular complexity index is 616. The molecule has 0 bridgehead atoms. The number of hydrogen-bond acceptors (Lipinski definition) is 5. The highest BCUT2D eigenvalue weighted by molar-refractivity contribution is 7.18. The minimum Gasteiger partial charge on any atom is -0.364 e. The molecule has 2 aromatic rings. The molecule has 20 heavy (non-hydrogen) atoms. The summed E-state index contributed by atoms with van der Waals surface area (Å²) in [4.78, 5) is 11.8. The van der Waals surface area contributed by atoms with Crippen LogP contribution in [0.2, 0.25) is 0 Å². The van der Waals surface area contributed by atoms with Crippen LogP contribution in [0.15, 0.2) is 6.07 Å². The van der Waals surface area contributed by atoms with E-state index in [4.69, 9.17) is 0 Å². The van der Waals surface area contributed by atoms with Gasteiger partial charge in [0.1, 0.15) is 10.6 Å². The van der Waals surface area contributed by atoms with Crippen molar-refractivity contribution in [3.05, 3.63) is 10.9 Å². The number of aromatic nitrogens is 2. The molecule has 3 rings (SSSR count). The van der Waals surface area contributed by atoms with E-state index >= 15 is 0 Å². The monoisotopic (exact) mass is 290 g/mol. The summed E-state index contributed by atoms with van der Waals surface area (Å²) in [5, 5.41) is 8.05. The lowest BCUT2D eigenvalue weighted by atomic mass is 9.78. The van der Waals surface area contributed by atoms with Crippen LogP contribution in [0, 0.1) is 0 Å². The molecular weight excluding hydrogens is 268 g/mol. The molecule has 0 amide bonds. The molecule has 1 aliphatic carbocycles. The van der Waals surface area contributed by atoms with E-state index < -0.39 is 0 Å². The maximum Gasteiger partial charge on any atom is 0.226 e. The zero-order valence-corrected chi connectivity index (χ0v) is 13.2. The first kappa shape index (κ1) is 13.6. The molecule has 108 valence electrons. The third-order valence-electron chi connectivity index (χ3n) is 4.00. The molecule has 0 unspecified atom stereocenters. The van der Waals surface area contributed by atoms with Crippen molar-refractivity contribution in [3.8, 4) is 0 Å². The second-order valence-corrected chi connectivity index (χ2v) is 6.87. The van der Waals surface area contributed by atoms with E-state index in [0.717, 1.165) is 29.6 Å². The van der Waals surface area contributed by atoms with Gasteiger partial charge in [-0.1, -0.05) is 6.92 Å². The van der Waals surface area contributed by atoms with E-state index in [1.54, 1.807) is 11.3 Å². The van der Waals surface area contributed by atoms with E-state index in [-0.39, 0.29) is 5.54 Å². The predicted octanol–water partition coefficient (Wildman–Crippen LogP) is 4.04.